The van der Waals surface area contributed by atoms with Gasteiger partial charge in [0.25, 0.3) is 0 Å². The van der Waals surface area contributed by atoms with Crippen molar-refractivity contribution >= 4 is 35.0 Å². The summed E-state index contributed by atoms with van der Waals surface area (Å²) in [5.74, 6) is 1.57. The topological polar surface area (TPSA) is 53.2 Å². The molecule has 1 fully saturated rings. The molecule has 4 nitrogen and oxygen atoms in total. The molecule has 0 aromatic heterocycles. The number of rotatable bonds is 4. The molecule has 0 radical (unpaired) electrons. The van der Waals surface area contributed by atoms with Crippen LogP contribution in [-0.2, 0) is 4.79 Å². The van der Waals surface area contributed by atoms with Crippen LogP contribution >= 0.6 is 24.0 Å². The monoisotopic (exact) mass is 365 g/mol. The Morgan fingerprint density at radius 1 is 1.21 bits per heavy atom. The van der Waals surface area contributed by atoms with Crippen molar-refractivity contribution in [2.24, 2.45) is 11.8 Å². The minimum Gasteiger partial charge on any atom is -0.358 e. The number of hydrazine groups is 1. The van der Waals surface area contributed by atoms with E-state index in [1.165, 1.54) is 30.2 Å². The van der Waals surface area contributed by atoms with Crippen molar-refractivity contribution < 1.29 is 4.79 Å². The van der Waals surface area contributed by atoms with Crippen LogP contribution in [0.2, 0.25) is 0 Å². The van der Waals surface area contributed by atoms with Crippen molar-refractivity contribution in [3.63, 3.8) is 0 Å². The highest BCUT2D eigenvalue weighted by Gasteiger charge is 2.27. The predicted octanol–water partition coefficient (Wildman–Crippen LogP) is 3.41. The van der Waals surface area contributed by atoms with E-state index in [0.29, 0.717) is 28.7 Å². The van der Waals surface area contributed by atoms with Crippen molar-refractivity contribution in [2.45, 2.75) is 51.0 Å². The van der Waals surface area contributed by atoms with E-state index in [2.05, 4.69) is 30.0 Å². The Balaban J connectivity index is 1.67. The lowest BCUT2D eigenvalue weighted by atomic mass is 9.78. The van der Waals surface area contributed by atoms with E-state index in [1.807, 2.05) is 31.2 Å². The highest BCUT2D eigenvalue weighted by atomic mass is 32.2. The Bertz CT molecular complexity index is 562. The molecule has 6 heteroatoms. The number of hydrogen-bond acceptors (Lipinski definition) is 3. The first kappa shape index (κ1) is 19.1. The molecule has 1 aromatic carbocycles. The van der Waals surface area contributed by atoms with Crippen molar-refractivity contribution in [3.05, 3.63) is 29.8 Å². The largest absolute Gasteiger partial charge is 0.358 e. The molecule has 0 aliphatic heterocycles. The first-order valence-electron chi connectivity index (χ1n) is 8.50. The second-order valence-corrected chi connectivity index (χ2v) is 8.08. The first-order chi connectivity index (χ1) is 11.5. The molecule has 0 spiro atoms. The zero-order chi connectivity index (χ0) is 17.5. The molecular weight excluding hydrogens is 338 g/mol. The molecular formula is C18H27N3OS2. The van der Waals surface area contributed by atoms with Gasteiger partial charge in [-0.1, -0.05) is 44.4 Å². The summed E-state index contributed by atoms with van der Waals surface area (Å²) in [5.41, 5.74) is 6.70. The number of hydrogen-bond donors (Lipinski definition) is 3. The van der Waals surface area contributed by atoms with E-state index >= 15 is 0 Å². The van der Waals surface area contributed by atoms with Crippen LogP contribution in [0.5, 0.6) is 0 Å². The predicted molar refractivity (Wildman–Crippen MR) is 105 cm³/mol. The average molecular weight is 366 g/mol. The molecule has 3 atom stereocenters. The number of carbonyl (C=O) groups excluding carboxylic acids is 1. The van der Waals surface area contributed by atoms with E-state index in [4.69, 9.17) is 12.2 Å². The molecule has 3 N–H and O–H groups in total. The zero-order valence-electron chi connectivity index (χ0n) is 14.6. The Morgan fingerprint density at radius 3 is 2.62 bits per heavy atom. The molecule has 0 unspecified atom stereocenters. The van der Waals surface area contributed by atoms with Crippen LogP contribution in [0.3, 0.4) is 0 Å². The Labute approximate surface area is 154 Å². The number of benzene rings is 1. The van der Waals surface area contributed by atoms with Gasteiger partial charge in [-0.2, -0.15) is 0 Å². The maximum atomic E-state index is 11.9. The van der Waals surface area contributed by atoms with Crippen molar-refractivity contribution in [1.29, 1.82) is 0 Å². The van der Waals surface area contributed by atoms with Gasteiger partial charge in [-0.15, -0.1) is 11.8 Å². The Kier molecular flexibility index (Phi) is 7.37. The minimum absolute atomic E-state index is 0.0882. The third-order valence-electron chi connectivity index (χ3n) is 4.73. The third-order valence-corrected chi connectivity index (χ3v) is 5.96. The normalized spacial score (nSPS) is 23.4. The van der Waals surface area contributed by atoms with Crippen LogP contribution in [0, 0.1) is 18.8 Å². The number of nitrogens with one attached hydrogen (secondary N) is 3. The van der Waals surface area contributed by atoms with Gasteiger partial charge in [-0.25, -0.2) is 0 Å². The summed E-state index contributed by atoms with van der Waals surface area (Å²) in [6.07, 6.45) is 3.64. The number of carbonyl (C=O) groups is 1. The number of thiocarbonyl (C=S) groups is 1. The fourth-order valence-electron chi connectivity index (χ4n) is 2.94. The van der Waals surface area contributed by atoms with Crippen molar-refractivity contribution in [2.75, 3.05) is 5.75 Å². The van der Waals surface area contributed by atoms with E-state index < -0.39 is 0 Å². The van der Waals surface area contributed by atoms with E-state index in [1.54, 1.807) is 0 Å². The second-order valence-electron chi connectivity index (χ2n) is 6.62. The van der Waals surface area contributed by atoms with Gasteiger partial charge in [0.15, 0.2) is 5.11 Å². The number of thioether (sulfide) groups is 1. The smallest absolute Gasteiger partial charge is 0.248 e. The molecule has 24 heavy (non-hydrogen) atoms. The molecule has 2 rings (SSSR count). The van der Waals surface area contributed by atoms with Crippen LogP contribution in [0.25, 0.3) is 0 Å². The molecule has 0 saturated heterocycles. The van der Waals surface area contributed by atoms with E-state index in [9.17, 15) is 4.79 Å². The van der Waals surface area contributed by atoms with Gasteiger partial charge in [-0.05, 0) is 49.5 Å². The summed E-state index contributed by atoms with van der Waals surface area (Å²) in [7, 11) is 0. The fourth-order valence-corrected chi connectivity index (χ4v) is 3.84. The summed E-state index contributed by atoms with van der Waals surface area (Å²) in [5, 5.41) is 3.83. The lowest BCUT2D eigenvalue weighted by Crippen LogP contribution is -2.52. The first-order valence-corrected chi connectivity index (χ1v) is 9.90. The average Bonchev–Trinajstić information content (AvgIpc) is 2.56. The van der Waals surface area contributed by atoms with Crippen molar-refractivity contribution in [3.8, 4) is 0 Å². The van der Waals surface area contributed by atoms with E-state index in [0.717, 1.165) is 11.3 Å². The molecule has 132 valence electrons. The van der Waals surface area contributed by atoms with Gasteiger partial charge < -0.3 is 5.32 Å². The molecule has 1 aliphatic carbocycles. The number of aryl methyl sites for hydroxylation is 1. The van der Waals surface area contributed by atoms with Crippen LogP contribution in [0.15, 0.2) is 29.2 Å². The molecule has 1 saturated carbocycles. The summed E-state index contributed by atoms with van der Waals surface area (Å²) in [6.45, 7) is 6.60. The van der Waals surface area contributed by atoms with Crippen LogP contribution in [-0.4, -0.2) is 22.8 Å². The third kappa shape index (κ3) is 5.98. The van der Waals surface area contributed by atoms with Crippen LogP contribution in [0.4, 0.5) is 0 Å². The molecule has 1 aliphatic rings. The minimum atomic E-state index is -0.0882. The van der Waals surface area contributed by atoms with Gasteiger partial charge >= 0.3 is 0 Å². The van der Waals surface area contributed by atoms with Gasteiger partial charge in [0, 0.05) is 10.9 Å². The summed E-state index contributed by atoms with van der Waals surface area (Å²) in [6, 6.07) is 8.53. The quantitative estimate of drug-likeness (QED) is 0.434. The maximum Gasteiger partial charge on any atom is 0.248 e. The standard InChI is InChI=1S/C18H27N3OS2/c1-12-7-9-15(10-8-12)24-11-17(22)20-21-18(23)19-16-6-4-5-13(2)14(16)3/h7-10,13-14,16H,4-6,11H2,1-3H3,(H,20,22)(H2,19,21,23)/t13-,14-,16+/m0/s1. The lowest BCUT2D eigenvalue weighted by Gasteiger charge is -2.35. The molecule has 0 heterocycles. The van der Waals surface area contributed by atoms with Gasteiger partial charge in [0.2, 0.25) is 5.91 Å². The zero-order valence-corrected chi connectivity index (χ0v) is 16.2. The van der Waals surface area contributed by atoms with Gasteiger partial charge in [0.05, 0.1) is 5.75 Å². The summed E-state index contributed by atoms with van der Waals surface area (Å²) in [4.78, 5) is 13.0. The van der Waals surface area contributed by atoms with Crippen LogP contribution < -0.4 is 16.2 Å². The lowest BCUT2D eigenvalue weighted by molar-refractivity contribution is -0.119. The SMILES string of the molecule is Cc1ccc(SCC(=O)NNC(=S)N[C@@H]2CCC[C@H](C)[C@@H]2C)cc1. The summed E-state index contributed by atoms with van der Waals surface area (Å²) >= 11 is 6.80. The maximum absolute atomic E-state index is 11.9. The highest BCUT2D eigenvalue weighted by Crippen LogP contribution is 2.29. The van der Waals surface area contributed by atoms with E-state index in [-0.39, 0.29) is 5.91 Å². The molecule has 0 bridgehead atoms. The fraction of sp³-hybridized carbons (Fsp3) is 0.556. The van der Waals surface area contributed by atoms with Crippen LogP contribution in [0.1, 0.15) is 38.7 Å². The summed E-state index contributed by atoms with van der Waals surface area (Å²) < 4.78 is 0. The Hall–Kier alpha value is -1.27. The Morgan fingerprint density at radius 2 is 1.92 bits per heavy atom. The van der Waals surface area contributed by atoms with Gasteiger partial charge in [0.1, 0.15) is 0 Å². The highest BCUT2D eigenvalue weighted by molar-refractivity contribution is 8.00. The van der Waals surface area contributed by atoms with Gasteiger partial charge in [-0.3, -0.25) is 15.6 Å². The number of amides is 1. The second kappa shape index (κ2) is 9.28. The molecule has 1 aromatic rings. The molecule has 1 amide bonds. The van der Waals surface area contributed by atoms with Crippen molar-refractivity contribution in [1.82, 2.24) is 16.2 Å².